The number of benzene rings is 1. The summed E-state index contributed by atoms with van der Waals surface area (Å²) in [6, 6.07) is 4.35. The van der Waals surface area contributed by atoms with Gasteiger partial charge in [-0.2, -0.15) is 13.2 Å². The van der Waals surface area contributed by atoms with Gasteiger partial charge < -0.3 is 10.1 Å². The first-order valence-electron chi connectivity index (χ1n) is 7.13. The summed E-state index contributed by atoms with van der Waals surface area (Å²) in [5.74, 6) is -0.458. The molecule has 1 amide bonds. The van der Waals surface area contributed by atoms with E-state index in [1.54, 1.807) is 0 Å². The number of sulfonamides is 1. The third-order valence-corrected chi connectivity index (χ3v) is 4.90. The van der Waals surface area contributed by atoms with Crippen molar-refractivity contribution in [2.24, 2.45) is 0 Å². The van der Waals surface area contributed by atoms with E-state index in [9.17, 15) is 26.4 Å². The summed E-state index contributed by atoms with van der Waals surface area (Å²) in [4.78, 5) is 16.5. The highest BCUT2D eigenvalue weighted by molar-refractivity contribution is 7.89. The van der Waals surface area contributed by atoms with Crippen molar-refractivity contribution in [2.75, 3.05) is 17.3 Å². The van der Waals surface area contributed by atoms with E-state index in [0.717, 1.165) is 6.07 Å². The fourth-order valence-electron chi connectivity index (χ4n) is 2.09. The molecule has 0 bridgehead atoms. The predicted molar refractivity (Wildman–Crippen MR) is 88.8 cm³/mol. The van der Waals surface area contributed by atoms with Crippen LogP contribution in [0.15, 0.2) is 35.4 Å². The molecule has 0 saturated heterocycles. The predicted octanol–water partition coefficient (Wildman–Crippen LogP) is 2.39. The number of ether oxygens (including phenoxy) is 1. The smallest absolute Gasteiger partial charge is 0.417 e. The molecule has 0 unspecified atom stereocenters. The lowest BCUT2D eigenvalue weighted by molar-refractivity contribution is -0.137. The van der Waals surface area contributed by atoms with Crippen molar-refractivity contribution >= 4 is 39.0 Å². The van der Waals surface area contributed by atoms with Gasteiger partial charge in [-0.1, -0.05) is 11.6 Å². The number of fused-ring (bicyclic) bond motifs is 1. The van der Waals surface area contributed by atoms with Gasteiger partial charge in [0.1, 0.15) is 5.75 Å². The standard InChI is InChI=1S/C14H10ClF3N4O4S/c15-9-3-7(14(16,17)18)5-19-13(9)21-22-27(24,25)8-1-2-11-10(4-8)20-12(23)6-26-11/h1-5,22H,6H2,(H,19,21)(H,20,23). The van der Waals surface area contributed by atoms with E-state index < -0.39 is 32.7 Å². The Morgan fingerprint density at radius 1 is 1.26 bits per heavy atom. The molecule has 27 heavy (non-hydrogen) atoms. The first-order valence-corrected chi connectivity index (χ1v) is 8.99. The molecule has 8 nitrogen and oxygen atoms in total. The average Bonchev–Trinajstić information content (AvgIpc) is 2.59. The van der Waals surface area contributed by atoms with Gasteiger partial charge in [0.25, 0.3) is 15.9 Å². The maximum atomic E-state index is 12.6. The number of halogens is 4. The number of nitrogens with one attached hydrogen (secondary N) is 3. The van der Waals surface area contributed by atoms with E-state index in [2.05, 4.69) is 15.7 Å². The second-order valence-corrected chi connectivity index (χ2v) is 7.37. The largest absolute Gasteiger partial charge is 0.482 e. The third kappa shape index (κ3) is 4.23. The Hall–Kier alpha value is -2.57. The molecule has 3 N–H and O–H groups in total. The molecule has 3 rings (SSSR count). The van der Waals surface area contributed by atoms with Crippen LogP contribution < -0.4 is 20.3 Å². The van der Waals surface area contributed by atoms with Gasteiger partial charge in [-0.3, -0.25) is 10.2 Å². The van der Waals surface area contributed by atoms with E-state index in [4.69, 9.17) is 16.3 Å². The summed E-state index contributed by atoms with van der Waals surface area (Å²) >= 11 is 5.70. The molecule has 13 heteroatoms. The zero-order valence-electron chi connectivity index (χ0n) is 13.1. The number of carbonyl (C=O) groups excluding carboxylic acids is 1. The number of hydrogen-bond acceptors (Lipinski definition) is 6. The highest BCUT2D eigenvalue weighted by Gasteiger charge is 2.31. The van der Waals surface area contributed by atoms with E-state index >= 15 is 0 Å². The number of nitrogens with zero attached hydrogens (tertiary/aromatic N) is 1. The Kier molecular flexibility index (Phi) is 4.88. The van der Waals surface area contributed by atoms with Crippen molar-refractivity contribution in [1.82, 2.24) is 9.82 Å². The van der Waals surface area contributed by atoms with Crippen LogP contribution in [0.5, 0.6) is 5.75 Å². The van der Waals surface area contributed by atoms with Crippen LogP contribution in [0.4, 0.5) is 24.7 Å². The van der Waals surface area contributed by atoms with Crippen LogP contribution in [0.25, 0.3) is 0 Å². The van der Waals surface area contributed by atoms with Gasteiger partial charge in [0, 0.05) is 6.20 Å². The molecule has 1 aliphatic rings. The van der Waals surface area contributed by atoms with Crippen molar-refractivity contribution in [3.05, 3.63) is 41.0 Å². The lowest BCUT2D eigenvalue weighted by Gasteiger charge is -2.18. The van der Waals surface area contributed by atoms with Gasteiger partial charge in [-0.25, -0.2) is 13.4 Å². The van der Waals surface area contributed by atoms with Crippen LogP contribution in [0, 0.1) is 0 Å². The van der Waals surface area contributed by atoms with E-state index in [0.29, 0.717) is 18.0 Å². The van der Waals surface area contributed by atoms with E-state index in [1.165, 1.54) is 12.1 Å². The molecule has 144 valence electrons. The van der Waals surface area contributed by atoms with E-state index in [-0.39, 0.29) is 23.0 Å². The Morgan fingerprint density at radius 2 is 2.00 bits per heavy atom. The van der Waals surface area contributed by atoms with Crippen molar-refractivity contribution in [1.29, 1.82) is 0 Å². The number of anilines is 2. The van der Waals surface area contributed by atoms with Gasteiger partial charge in [0.05, 0.1) is 21.2 Å². The lowest BCUT2D eigenvalue weighted by atomic mass is 10.2. The molecule has 0 radical (unpaired) electrons. The quantitative estimate of drug-likeness (QED) is 0.653. The second-order valence-electron chi connectivity index (χ2n) is 5.28. The fraction of sp³-hybridized carbons (Fsp3) is 0.143. The summed E-state index contributed by atoms with van der Waals surface area (Å²) in [5.41, 5.74) is 1.24. The van der Waals surface area contributed by atoms with Crippen molar-refractivity contribution in [3.63, 3.8) is 0 Å². The monoisotopic (exact) mass is 422 g/mol. The molecular formula is C14H10ClF3N4O4S. The van der Waals surface area contributed by atoms with Gasteiger partial charge in [-0.05, 0) is 24.3 Å². The highest BCUT2D eigenvalue weighted by atomic mass is 35.5. The lowest BCUT2D eigenvalue weighted by Crippen LogP contribution is -2.31. The normalized spacial score (nSPS) is 14.1. The molecule has 0 aliphatic carbocycles. The number of pyridine rings is 1. The zero-order chi connectivity index (χ0) is 19.8. The Bertz CT molecular complexity index is 1010. The zero-order valence-corrected chi connectivity index (χ0v) is 14.7. The number of amides is 1. The maximum Gasteiger partial charge on any atom is 0.417 e. The molecular weight excluding hydrogens is 413 g/mol. The number of rotatable bonds is 4. The van der Waals surface area contributed by atoms with Crippen LogP contribution in [0.2, 0.25) is 5.02 Å². The number of aromatic nitrogens is 1. The van der Waals surface area contributed by atoms with Crippen LogP contribution in [0.3, 0.4) is 0 Å². The van der Waals surface area contributed by atoms with Crippen LogP contribution in [0.1, 0.15) is 5.56 Å². The van der Waals surface area contributed by atoms with Crippen molar-refractivity contribution < 1.29 is 31.1 Å². The molecule has 0 saturated carbocycles. The maximum absolute atomic E-state index is 12.6. The van der Waals surface area contributed by atoms with Crippen molar-refractivity contribution in [2.45, 2.75) is 11.1 Å². The summed E-state index contributed by atoms with van der Waals surface area (Å²) in [7, 11) is -4.15. The molecule has 2 heterocycles. The van der Waals surface area contributed by atoms with Gasteiger partial charge in [0.2, 0.25) is 0 Å². The molecule has 0 fully saturated rings. The average molecular weight is 423 g/mol. The fourth-order valence-corrected chi connectivity index (χ4v) is 3.17. The van der Waals surface area contributed by atoms with E-state index in [1.807, 2.05) is 4.83 Å². The first kappa shape index (κ1) is 19.2. The molecule has 1 aliphatic heterocycles. The molecule has 0 atom stereocenters. The summed E-state index contributed by atoms with van der Waals surface area (Å²) in [5, 5.41) is 2.03. The molecule has 0 spiro atoms. The Balaban J connectivity index is 1.78. The molecule has 2 aromatic rings. The first-order chi connectivity index (χ1) is 12.6. The number of carbonyl (C=O) groups is 1. The van der Waals surface area contributed by atoms with Gasteiger partial charge in [0.15, 0.2) is 12.4 Å². The van der Waals surface area contributed by atoms with Gasteiger partial charge >= 0.3 is 6.18 Å². The molecule has 1 aromatic heterocycles. The topological polar surface area (TPSA) is 109 Å². The minimum Gasteiger partial charge on any atom is -0.482 e. The SMILES string of the molecule is O=C1COc2ccc(S(=O)(=O)NNc3ncc(C(F)(F)F)cc3Cl)cc2N1. The minimum atomic E-state index is -4.63. The number of hydrogen-bond donors (Lipinski definition) is 3. The minimum absolute atomic E-state index is 0.166. The number of hydrazine groups is 1. The van der Waals surface area contributed by atoms with Crippen molar-refractivity contribution in [3.8, 4) is 5.75 Å². The second kappa shape index (κ2) is 6.87. The Morgan fingerprint density at radius 3 is 2.67 bits per heavy atom. The third-order valence-electron chi connectivity index (χ3n) is 3.37. The molecule has 1 aromatic carbocycles. The Labute approximate surface area is 155 Å². The summed E-state index contributed by atoms with van der Waals surface area (Å²) in [6.07, 6.45) is -4.13. The van der Waals surface area contributed by atoms with Crippen LogP contribution in [-0.4, -0.2) is 25.9 Å². The number of alkyl halides is 3. The summed E-state index contributed by atoms with van der Waals surface area (Å²) in [6.45, 7) is -0.184. The van der Waals surface area contributed by atoms with Crippen LogP contribution >= 0.6 is 11.6 Å². The van der Waals surface area contributed by atoms with Crippen LogP contribution in [-0.2, 0) is 21.0 Å². The highest BCUT2D eigenvalue weighted by Crippen LogP contribution is 2.32. The summed E-state index contributed by atoms with van der Waals surface area (Å²) < 4.78 is 67.6. The van der Waals surface area contributed by atoms with Gasteiger partial charge in [-0.15, -0.1) is 4.83 Å².